The van der Waals surface area contributed by atoms with Gasteiger partial charge >= 0.3 is 5.97 Å². The summed E-state index contributed by atoms with van der Waals surface area (Å²) in [5.74, 6) is 0.880. The highest BCUT2D eigenvalue weighted by Gasteiger charge is 2.28. The van der Waals surface area contributed by atoms with Crippen LogP contribution in [0.15, 0.2) is 35.3 Å². The lowest BCUT2D eigenvalue weighted by molar-refractivity contribution is -0.154. The van der Waals surface area contributed by atoms with Gasteiger partial charge in [-0.05, 0) is 51.4 Å². The van der Waals surface area contributed by atoms with Crippen molar-refractivity contribution in [2.75, 3.05) is 58.0 Å². The largest absolute Gasteiger partial charge is 0.496 e. The van der Waals surface area contributed by atoms with E-state index >= 15 is 0 Å². The van der Waals surface area contributed by atoms with E-state index in [-0.39, 0.29) is 30.1 Å². The summed E-state index contributed by atoms with van der Waals surface area (Å²) in [7, 11) is 3.81. The number of nitrogen functional groups attached to an aromatic ring is 1. The Morgan fingerprint density at radius 1 is 1.12 bits per heavy atom. The number of likely N-dealkylation sites (N-methyl/N-ethyl adjacent to an activating group) is 1. The third-order valence-corrected chi connectivity index (χ3v) is 8.37. The Hall–Kier alpha value is -3.70. The fraction of sp³-hybridized carbons (Fsp3) is 0.562. The van der Waals surface area contributed by atoms with Crippen molar-refractivity contribution in [2.24, 2.45) is 5.41 Å². The number of benzene rings is 1. The Morgan fingerprint density at radius 3 is 2.53 bits per heavy atom. The molecule has 3 aromatic rings. The van der Waals surface area contributed by atoms with Gasteiger partial charge in [0, 0.05) is 44.5 Å². The normalized spacial score (nSPS) is 15.4. The predicted molar refractivity (Wildman–Crippen MR) is 170 cm³/mol. The second kappa shape index (κ2) is 14.2. The minimum Gasteiger partial charge on any atom is -0.496 e. The molecule has 0 bridgehead atoms. The molecule has 1 aromatic carbocycles. The SMILES string of the molecule is CCC[C@@H](COC(=O)C(C)(C)CC)Nc1nc(N)nc2ccn(Cc3ccc(CN4CCN(C)CC4)cc3OC)c(=O)c12. The zero-order valence-corrected chi connectivity index (χ0v) is 26.5. The van der Waals surface area contributed by atoms with Gasteiger partial charge in [0.05, 0.1) is 30.6 Å². The fourth-order valence-electron chi connectivity index (χ4n) is 5.15. The van der Waals surface area contributed by atoms with Crippen molar-refractivity contribution in [1.82, 2.24) is 24.3 Å². The van der Waals surface area contributed by atoms with Gasteiger partial charge in [0.2, 0.25) is 5.95 Å². The van der Waals surface area contributed by atoms with Gasteiger partial charge in [-0.2, -0.15) is 4.98 Å². The number of hydrogen-bond acceptors (Lipinski definition) is 10. The molecular formula is C32H47N7O4. The number of piperazine rings is 1. The van der Waals surface area contributed by atoms with Crippen LogP contribution in [0, 0.1) is 5.41 Å². The molecule has 3 N–H and O–H groups in total. The van der Waals surface area contributed by atoms with Crippen LogP contribution in [0.25, 0.3) is 10.9 Å². The highest BCUT2D eigenvalue weighted by atomic mass is 16.5. The van der Waals surface area contributed by atoms with Gasteiger partial charge in [0.1, 0.15) is 23.6 Å². The maximum atomic E-state index is 13.9. The van der Waals surface area contributed by atoms with Gasteiger partial charge in [-0.3, -0.25) is 14.5 Å². The molecule has 0 spiro atoms. The first-order chi connectivity index (χ1) is 20.5. The Balaban J connectivity index is 1.58. The average molecular weight is 594 g/mol. The Morgan fingerprint density at radius 2 is 1.86 bits per heavy atom. The number of esters is 1. The number of methoxy groups -OCH3 is 1. The first-order valence-corrected chi connectivity index (χ1v) is 15.2. The molecule has 0 saturated carbocycles. The van der Waals surface area contributed by atoms with Crippen LogP contribution >= 0.6 is 0 Å². The van der Waals surface area contributed by atoms with Crippen LogP contribution in [0.2, 0.25) is 0 Å². The summed E-state index contributed by atoms with van der Waals surface area (Å²) >= 11 is 0. The van der Waals surface area contributed by atoms with Gasteiger partial charge in [0.15, 0.2) is 0 Å². The van der Waals surface area contributed by atoms with E-state index in [1.807, 2.05) is 26.8 Å². The third kappa shape index (κ3) is 8.03. The number of anilines is 2. The van der Waals surface area contributed by atoms with Crippen LogP contribution in [0.3, 0.4) is 0 Å². The molecule has 0 amide bonds. The maximum Gasteiger partial charge on any atom is 0.311 e. The molecule has 0 aliphatic carbocycles. The molecule has 11 heteroatoms. The number of aromatic nitrogens is 3. The summed E-state index contributed by atoms with van der Waals surface area (Å²) in [5.41, 5.74) is 7.74. The molecule has 1 aliphatic rings. The van der Waals surface area contributed by atoms with Gasteiger partial charge in [-0.25, -0.2) is 4.98 Å². The zero-order valence-electron chi connectivity index (χ0n) is 26.5. The van der Waals surface area contributed by atoms with E-state index in [1.165, 1.54) is 5.56 Å². The van der Waals surface area contributed by atoms with Crippen LogP contribution in [0.5, 0.6) is 5.75 Å². The van der Waals surface area contributed by atoms with Crippen molar-refractivity contribution in [3.05, 3.63) is 51.9 Å². The third-order valence-electron chi connectivity index (χ3n) is 8.37. The highest BCUT2D eigenvalue weighted by Crippen LogP contribution is 2.25. The Kier molecular flexibility index (Phi) is 10.6. The second-order valence-electron chi connectivity index (χ2n) is 12.1. The van der Waals surface area contributed by atoms with Gasteiger partial charge in [-0.1, -0.05) is 32.4 Å². The van der Waals surface area contributed by atoms with Crippen molar-refractivity contribution in [1.29, 1.82) is 0 Å². The maximum absolute atomic E-state index is 13.9. The summed E-state index contributed by atoms with van der Waals surface area (Å²) < 4.78 is 13.0. The molecule has 43 heavy (non-hydrogen) atoms. The lowest BCUT2D eigenvalue weighted by Crippen LogP contribution is -2.43. The zero-order chi connectivity index (χ0) is 31.1. The van der Waals surface area contributed by atoms with E-state index in [0.717, 1.165) is 50.5 Å². The fourth-order valence-corrected chi connectivity index (χ4v) is 5.15. The van der Waals surface area contributed by atoms with E-state index in [1.54, 1.807) is 23.9 Å². The van der Waals surface area contributed by atoms with Crippen molar-refractivity contribution in [2.45, 2.75) is 66.1 Å². The molecule has 1 atom stereocenters. The number of pyridine rings is 1. The van der Waals surface area contributed by atoms with E-state index in [4.69, 9.17) is 15.2 Å². The van der Waals surface area contributed by atoms with Crippen molar-refractivity contribution >= 4 is 28.6 Å². The molecule has 0 unspecified atom stereocenters. The quantitative estimate of drug-likeness (QED) is 0.283. The van der Waals surface area contributed by atoms with E-state index in [0.29, 0.717) is 36.1 Å². The summed E-state index contributed by atoms with van der Waals surface area (Å²) in [5, 5.41) is 3.67. The topological polar surface area (TPSA) is 128 Å². The summed E-state index contributed by atoms with van der Waals surface area (Å²) in [6.07, 6.45) is 3.95. The summed E-state index contributed by atoms with van der Waals surface area (Å²) in [6, 6.07) is 7.72. The molecule has 3 heterocycles. The van der Waals surface area contributed by atoms with E-state index in [2.05, 4.69) is 51.2 Å². The number of rotatable bonds is 13. The lowest BCUT2D eigenvalue weighted by Gasteiger charge is -2.32. The van der Waals surface area contributed by atoms with Gasteiger partial charge in [-0.15, -0.1) is 0 Å². The van der Waals surface area contributed by atoms with Crippen LogP contribution in [-0.4, -0.2) is 83.3 Å². The smallest absolute Gasteiger partial charge is 0.311 e. The number of nitrogens with two attached hydrogens (primary N) is 1. The number of hydrogen-bond donors (Lipinski definition) is 2. The lowest BCUT2D eigenvalue weighted by atomic mass is 9.91. The molecule has 1 aliphatic heterocycles. The van der Waals surface area contributed by atoms with Gasteiger partial charge < -0.3 is 30.0 Å². The number of carbonyl (C=O) groups excluding carboxylic acids is 1. The monoisotopic (exact) mass is 593 g/mol. The van der Waals surface area contributed by atoms with Crippen molar-refractivity contribution in [3.8, 4) is 5.75 Å². The summed E-state index contributed by atoms with van der Waals surface area (Å²) in [4.78, 5) is 40.0. The molecule has 1 fully saturated rings. The number of fused-ring (bicyclic) bond motifs is 1. The molecule has 11 nitrogen and oxygen atoms in total. The molecule has 4 rings (SSSR count). The number of carbonyl (C=O) groups is 1. The van der Waals surface area contributed by atoms with Crippen molar-refractivity contribution < 1.29 is 14.3 Å². The van der Waals surface area contributed by atoms with Crippen LogP contribution < -0.4 is 21.3 Å². The summed E-state index contributed by atoms with van der Waals surface area (Å²) in [6.45, 7) is 13.3. The van der Waals surface area contributed by atoms with Crippen LogP contribution in [0.1, 0.15) is 58.1 Å². The first kappa shape index (κ1) is 32.2. The first-order valence-electron chi connectivity index (χ1n) is 15.2. The number of ether oxygens (including phenoxy) is 2. The predicted octanol–water partition coefficient (Wildman–Crippen LogP) is 3.74. The van der Waals surface area contributed by atoms with E-state index < -0.39 is 5.41 Å². The minimum atomic E-state index is -0.569. The Labute approximate surface area is 254 Å². The van der Waals surface area contributed by atoms with Crippen LogP contribution in [-0.2, 0) is 22.6 Å². The Bertz CT molecular complexity index is 1460. The highest BCUT2D eigenvalue weighted by molar-refractivity contribution is 5.89. The standard InChI is InChI=1S/C32H47N7O4/c1-7-9-24(21-43-30(41)32(3,4)8-2)34-28-27-25(35-31(33)36-28)12-13-39(29(27)40)20-23-11-10-22(18-26(23)42-6)19-38-16-14-37(5)15-17-38/h10-13,18,24H,7-9,14-17,19-21H2,1-6H3,(H3,33,34,35,36)/t24-/m0/s1. The van der Waals surface area contributed by atoms with Crippen LogP contribution in [0.4, 0.5) is 11.8 Å². The number of nitrogens with one attached hydrogen (secondary N) is 1. The average Bonchev–Trinajstić information content (AvgIpc) is 2.98. The molecule has 1 saturated heterocycles. The van der Waals surface area contributed by atoms with Gasteiger partial charge in [0.25, 0.3) is 5.56 Å². The number of nitrogens with zero attached hydrogens (tertiary/aromatic N) is 5. The molecular weight excluding hydrogens is 546 g/mol. The molecule has 2 aromatic heterocycles. The molecule has 0 radical (unpaired) electrons. The molecule has 234 valence electrons. The van der Waals surface area contributed by atoms with Crippen molar-refractivity contribution in [3.63, 3.8) is 0 Å². The second-order valence-corrected chi connectivity index (χ2v) is 12.1. The van der Waals surface area contributed by atoms with E-state index in [9.17, 15) is 9.59 Å². The minimum absolute atomic E-state index is 0.0594.